The van der Waals surface area contributed by atoms with Crippen LogP contribution in [0.1, 0.15) is 13.8 Å². The van der Waals surface area contributed by atoms with Crippen LogP contribution in [0.25, 0.3) is 0 Å². The van der Waals surface area contributed by atoms with Crippen LogP contribution < -0.4 is 5.73 Å². The van der Waals surface area contributed by atoms with Crippen molar-refractivity contribution in [2.45, 2.75) is 19.9 Å². The Kier molecular flexibility index (Phi) is 3.36. The molecule has 1 atom stereocenters. The fourth-order valence-corrected chi connectivity index (χ4v) is 0.598. The highest BCUT2D eigenvalue weighted by Crippen LogP contribution is 2.03. The Bertz CT molecular complexity index is 169. The van der Waals surface area contributed by atoms with Gasteiger partial charge in [0.15, 0.2) is 0 Å². The molecule has 1 amide bonds. The first kappa shape index (κ1) is 8.85. The summed E-state index contributed by atoms with van der Waals surface area (Å²) in [4.78, 5) is 23.4. The molecule has 0 aromatic carbocycles. The number of hydrogen-bond donors (Lipinski definition) is 1. The van der Waals surface area contributed by atoms with E-state index in [2.05, 4.69) is 4.99 Å². The Balaban J connectivity index is 4.26. The summed E-state index contributed by atoms with van der Waals surface area (Å²) in [5.74, 6) is -0.628. The van der Waals surface area contributed by atoms with E-state index in [0.29, 0.717) is 0 Å². The average molecular weight is 142 g/mol. The van der Waals surface area contributed by atoms with Crippen molar-refractivity contribution in [3.63, 3.8) is 0 Å². The van der Waals surface area contributed by atoms with Crippen LogP contribution in [0.3, 0.4) is 0 Å². The molecule has 56 valence electrons. The van der Waals surface area contributed by atoms with Gasteiger partial charge in [0.05, 0.1) is 0 Å². The Morgan fingerprint density at radius 2 is 2.10 bits per heavy atom. The van der Waals surface area contributed by atoms with Crippen LogP contribution in [0.5, 0.6) is 0 Å². The monoisotopic (exact) mass is 142 g/mol. The Labute approximate surface area is 59.1 Å². The van der Waals surface area contributed by atoms with Crippen molar-refractivity contribution in [3.05, 3.63) is 0 Å². The Morgan fingerprint density at radius 3 is 2.20 bits per heavy atom. The van der Waals surface area contributed by atoms with Crippen LogP contribution in [-0.4, -0.2) is 18.0 Å². The fourth-order valence-electron chi connectivity index (χ4n) is 0.598. The van der Waals surface area contributed by atoms with Crippen LogP contribution in [0.15, 0.2) is 4.99 Å². The first-order chi connectivity index (χ1) is 4.59. The summed E-state index contributed by atoms with van der Waals surface area (Å²) >= 11 is 0. The molecule has 0 aromatic heterocycles. The minimum absolute atomic E-state index is 0.0426. The molecule has 0 radical (unpaired) electrons. The third kappa shape index (κ3) is 2.42. The summed E-state index contributed by atoms with van der Waals surface area (Å²) in [5, 5.41) is 0. The molecule has 0 saturated heterocycles. The zero-order valence-corrected chi connectivity index (χ0v) is 6.00. The first-order valence-electron chi connectivity index (χ1n) is 2.96. The Morgan fingerprint density at radius 1 is 1.60 bits per heavy atom. The highest BCUT2D eigenvalue weighted by Gasteiger charge is 2.17. The van der Waals surface area contributed by atoms with E-state index in [-0.39, 0.29) is 5.92 Å². The number of nitrogens with zero attached hydrogens (tertiary/aromatic N) is 1. The van der Waals surface area contributed by atoms with E-state index in [9.17, 15) is 9.59 Å². The Hall–Kier alpha value is -1.15. The second-order valence-corrected chi connectivity index (χ2v) is 2.31. The van der Waals surface area contributed by atoms with Gasteiger partial charge in [-0.15, -0.1) is 0 Å². The molecule has 0 bridgehead atoms. The molecule has 0 aliphatic carbocycles. The van der Waals surface area contributed by atoms with E-state index in [1.165, 1.54) is 6.08 Å². The van der Waals surface area contributed by atoms with Gasteiger partial charge in [-0.05, 0) is 5.92 Å². The van der Waals surface area contributed by atoms with Gasteiger partial charge in [0.2, 0.25) is 12.0 Å². The standard InChI is InChI=1S/C6H10N2O2/c1-4(2)5(6(7)10)8-3-9/h4-5H,1-2H3,(H2,7,10)/t5-/m0/s1. The lowest BCUT2D eigenvalue weighted by molar-refractivity contribution is -0.120. The van der Waals surface area contributed by atoms with Gasteiger partial charge in [-0.2, -0.15) is 4.99 Å². The SMILES string of the molecule is CC(C)[C@H](N=C=O)C(N)=O. The quantitative estimate of drug-likeness (QED) is 0.439. The second-order valence-electron chi connectivity index (χ2n) is 2.31. The van der Waals surface area contributed by atoms with Crippen LogP contribution >= 0.6 is 0 Å². The van der Waals surface area contributed by atoms with E-state index in [0.717, 1.165) is 0 Å². The molecule has 0 aliphatic rings. The molecule has 4 nitrogen and oxygen atoms in total. The summed E-state index contributed by atoms with van der Waals surface area (Å²) in [5.41, 5.74) is 4.91. The maximum atomic E-state index is 10.5. The number of primary amides is 1. The van der Waals surface area contributed by atoms with Crippen molar-refractivity contribution in [1.82, 2.24) is 0 Å². The molecule has 4 heteroatoms. The van der Waals surface area contributed by atoms with Crippen LogP contribution in [0.2, 0.25) is 0 Å². The number of carbonyl (C=O) groups is 1. The minimum atomic E-state index is -0.725. The lowest BCUT2D eigenvalue weighted by Crippen LogP contribution is -2.31. The number of amides is 1. The normalized spacial score (nSPS) is 12.3. The van der Waals surface area contributed by atoms with Gasteiger partial charge in [0.1, 0.15) is 6.04 Å². The number of aliphatic imine (C=N–C) groups is 1. The van der Waals surface area contributed by atoms with Gasteiger partial charge in [-0.3, -0.25) is 4.79 Å². The highest BCUT2D eigenvalue weighted by molar-refractivity contribution is 5.81. The first-order valence-corrected chi connectivity index (χ1v) is 2.96. The number of isocyanates is 1. The molecule has 0 fully saturated rings. The number of carbonyl (C=O) groups excluding carboxylic acids is 2. The van der Waals surface area contributed by atoms with Crippen LogP contribution in [0, 0.1) is 5.92 Å². The molecule has 0 aromatic rings. The molecule has 0 heterocycles. The molecule has 0 unspecified atom stereocenters. The molecule has 0 saturated carbocycles. The fraction of sp³-hybridized carbons (Fsp3) is 0.667. The molecular weight excluding hydrogens is 132 g/mol. The summed E-state index contributed by atoms with van der Waals surface area (Å²) in [6.45, 7) is 3.52. The molecule has 0 spiro atoms. The van der Waals surface area contributed by atoms with E-state index >= 15 is 0 Å². The number of hydrogen-bond acceptors (Lipinski definition) is 3. The topological polar surface area (TPSA) is 72.5 Å². The third-order valence-corrected chi connectivity index (χ3v) is 1.11. The van der Waals surface area contributed by atoms with Crippen molar-refractivity contribution in [2.24, 2.45) is 16.6 Å². The predicted octanol–water partition coefficient (Wildman–Crippen LogP) is -0.168. The molecule has 0 rings (SSSR count). The highest BCUT2D eigenvalue weighted by atomic mass is 16.1. The third-order valence-electron chi connectivity index (χ3n) is 1.11. The summed E-state index contributed by atoms with van der Waals surface area (Å²) in [6, 6.07) is -0.725. The number of nitrogens with two attached hydrogens (primary N) is 1. The van der Waals surface area contributed by atoms with Gasteiger partial charge >= 0.3 is 0 Å². The van der Waals surface area contributed by atoms with E-state index in [4.69, 9.17) is 5.73 Å². The van der Waals surface area contributed by atoms with E-state index < -0.39 is 11.9 Å². The smallest absolute Gasteiger partial charge is 0.243 e. The van der Waals surface area contributed by atoms with Crippen LogP contribution in [0.4, 0.5) is 0 Å². The molecular formula is C6H10N2O2. The summed E-state index contributed by atoms with van der Waals surface area (Å²) in [6.07, 6.45) is 1.30. The second kappa shape index (κ2) is 3.80. The van der Waals surface area contributed by atoms with Gasteiger partial charge in [0, 0.05) is 0 Å². The van der Waals surface area contributed by atoms with Crippen LogP contribution in [-0.2, 0) is 9.59 Å². The summed E-state index contributed by atoms with van der Waals surface area (Å²) < 4.78 is 0. The van der Waals surface area contributed by atoms with Gasteiger partial charge < -0.3 is 5.73 Å². The molecule has 2 N–H and O–H groups in total. The zero-order valence-electron chi connectivity index (χ0n) is 6.00. The summed E-state index contributed by atoms with van der Waals surface area (Å²) in [7, 11) is 0. The van der Waals surface area contributed by atoms with Gasteiger partial charge in [0.25, 0.3) is 0 Å². The van der Waals surface area contributed by atoms with Crippen molar-refractivity contribution in [3.8, 4) is 0 Å². The predicted molar refractivity (Wildman–Crippen MR) is 35.9 cm³/mol. The average Bonchev–Trinajstić information content (AvgIpc) is 1.81. The van der Waals surface area contributed by atoms with E-state index in [1.807, 2.05) is 0 Å². The van der Waals surface area contributed by atoms with Crippen molar-refractivity contribution >= 4 is 12.0 Å². The van der Waals surface area contributed by atoms with Gasteiger partial charge in [-0.1, -0.05) is 13.8 Å². The van der Waals surface area contributed by atoms with Crippen molar-refractivity contribution in [2.75, 3.05) is 0 Å². The van der Waals surface area contributed by atoms with Crippen molar-refractivity contribution in [1.29, 1.82) is 0 Å². The molecule has 0 aliphatic heterocycles. The lowest BCUT2D eigenvalue weighted by atomic mass is 10.1. The number of rotatable bonds is 3. The molecule has 10 heavy (non-hydrogen) atoms. The van der Waals surface area contributed by atoms with Gasteiger partial charge in [-0.25, -0.2) is 4.79 Å². The minimum Gasteiger partial charge on any atom is -0.368 e. The van der Waals surface area contributed by atoms with Crippen molar-refractivity contribution < 1.29 is 9.59 Å². The lowest BCUT2D eigenvalue weighted by Gasteiger charge is -2.08. The maximum absolute atomic E-state index is 10.5. The maximum Gasteiger partial charge on any atom is 0.243 e. The van der Waals surface area contributed by atoms with E-state index in [1.54, 1.807) is 13.8 Å². The largest absolute Gasteiger partial charge is 0.368 e. The zero-order chi connectivity index (χ0) is 8.15.